The van der Waals surface area contributed by atoms with Crippen molar-refractivity contribution in [1.82, 2.24) is 9.97 Å². The van der Waals surface area contributed by atoms with Crippen LogP contribution in [0.25, 0.3) is 0 Å². The molecule has 78 valence electrons. The van der Waals surface area contributed by atoms with Crippen LogP contribution in [0.5, 0.6) is 0 Å². The largest absolute Gasteiger partial charge is 0.238 e. The van der Waals surface area contributed by atoms with Crippen LogP contribution in [0.2, 0.25) is 5.15 Å². The van der Waals surface area contributed by atoms with Gasteiger partial charge in [-0.1, -0.05) is 17.7 Å². The monoisotopic (exact) mass is 238 g/mol. The van der Waals surface area contributed by atoms with Crippen LogP contribution in [0.15, 0.2) is 17.5 Å². The second kappa shape index (κ2) is 4.29. The van der Waals surface area contributed by atoms with Crippen molar-refractivity contribution < 1.29 is 0 Å². The summed E-state index contributed by atoms with van der Waals surface area (Å²) in [5.41, 5.74) is 2.01. The smallest absolute Gasteiger partial charge is 0.136 e. The number of hydrogen-bond acceptors (Lipinski definition) is 3. The Morgan fingerprint density at radius 1 is 1.33 bits per heavy atom. The van der Waals surface area contributed by atoms with E-state index < -0.39 is 0 Å². The van der Waals surface area contributed by atoms with Crippen molar-refractivity contribution in [2.45, 2.75) is 20.3 Å². The quantitative estimate of drug-likeness (QED) is 0.750. The van der Waals surface area contributed by atoms with Crippen LogP contribution >= 0.6 is 22.9 Å². The normalized spacial score (nSPS) is 10.6. The van der Waals surface area contributed by atoms with Gasteiger partial charge in [-0.15, -0.1) is 11.3 Å². The number of aryl methyl sites for hydroxylation is 2. The number of aromatic nitrogens is 2. The second-order valence-electron chi connectivity index (χ2n) is 3.38. The summed E-state index contributed by atoms with van der Waals surface area (Å²) < 4.78 is 0. The zero-order valence-electron chi connectivity index (χ0n) is 8.62. The third-order valence-corrected chi connectivity index (χ3v) is 3.40. The highest BCUT2D eigenvalue weighted by Gasteiger charge is 2.09. The summed E-state index contributed by atoms with van der Waals surface area (Å²) in [6, 6.07) is 4.14. The molecule has 2 nitrogen and oxygen atoms in total. The fourth-order valence-electron chi connectivity index (χ4n) is 1.48. The minimum Gasteiger partial charge on any atom is -0.238 e. The van der Waals surface area contributed by atoms with Gasteiger partial charge in [0.05, 0.1) is 0 Å². The lowest BCUT2D eigenvalue weighted by Gasteiger charge is -2.06. The first-order chi connectivity index (χ1) is 7.16. The molecule has 0 spiro atoms. The van der Waals surface area contributed by atoms with Gasteiger partial charge in [0.15, 0.2) is 0 Å². The Morgan fingerprint density at radius 3 is 2.73 bits per heavy atom. The van der Waals surface area contributed by atoms with E-state index in [1.54, 1.807) is 11.3 Å². The molecular formula is C11H11ClN2S. The Morgan fingerprint density at radius 2 is 2.13 bits per heavy atom. The molecule has 2 aromatic rings. The minimum atomic E-state index is 0.577. The summed E-state index contributed by atoms with van der Waals surface area (Å²) >= 11 is 7.83. The highest BCUT2D eigenvalue weighted by molar-refractivity contribution is 7.09. The summed E-state index contributed by atoms with van der Waals surface area (Å²) in [6.45, 7) is 3.83. The van der Waals surface area contributed by atoms with Crippen LogP contribution in [0.3, 0.4) is 0 Å². The zero-order valence-corrected chi connectivity index (χ0v) is 10.2. The van der Waals surface area contributed by atoms with E-state index in [0.717, 1.165) is 23.5 Å². The molecular weight excluding hydrogens is 228 g/mol. The molecule has 0 N–H and O–H groups in total. The topological polar surface area (TPSA) is 25.8 Å². The van der Waals surface area contributed by atoms with Gasteiger partial charge in [0.1, 0.15) is 11.0 Å². The van der Waals surface area contributed by atoms with Crippen LogP contribution in [-0.4, -0.2) is 9.97 Å². The molecule has 0 atom stereocenters. The maximum atomic E-state index is 6.11. The summed E-state index contributed by atoms with van der Waals surface area (Å²) in [7, 11) is 0. The lowest BCUT2D eigenvalue weighted by Crippen LogP contribution is -2.00. The molecule has 0 aliphatic rings. The van der Waals surface area contributed by atoms with Crippen molar-refractivity contribution in [3.8, 4) is 0 Å². The Kier molecular flexibility index (Phi) is 3.03. The summed E-state index contributed by atoms with van der Waals surface area (Å²) in [4.78, 5) is 9.78. The number of rotatable bonds is 2. The van der Waals surface area contributed by atoms with Crippen LogP contribution in [0.1, 0.15) is 22.0 Å². The standard InChI is InChI=1S/C11H11ClN2S/c1-7-10(6-9-4-3-5-15-9)11(12)14-8(2)13-7/h3-5H,6H2,1-2H3. The molecule has 0 unspecified atom stereocenters. The summed E-state index contributed by atoms with van der Waals surface area (Å²) in [6.07, 6.45) is 0.822. The molecule has 0 bridgehead atoms. The molecule has 0 amide bonds. The SMILES string of the molecule is Cc1nc(C)c(Cc2cccs2)c(Cl)n1. The minimum absolute atomic E-state index is 0.577. The average Bonchev–Trinajstić information content (AvgIpc) is 2.63. The van der Waals surface area contributed by atoms with Crippen molar-refractivity contribution in [2.75, 3.05) is 0 Å². The Balaban J connectivity index is 2.36. The van der Waals surface area contributed by atoms with Crippen molar-refractivity contribution in [1.29, 1.82) is 0 Å². The van der Waals surface area contributed by atoms with Gasteiger partial charge in [-0.05, 0) is 25.3 Å². The lowest BCUT2D eigenvalue weighted by atomic mass is 10.1. The predicted molar refractivity (Wildman–Crippen MR) is 63.6 cm³/mol. The molecule has 2 rings (SSSR count). The van der Waals surface area contributed by atoms with Crippen LogP contribution in [0, 0.1) is 13.8 Å². The molecule has 0 aliphatic carbocycles. The molecule has 0 fully saturated rings. The molecule has 0 aliphatic heterocycles. The number of hydrogen-bond donors (Lipinski definition) is 0. The molecule has 0 saturated carbocycles. The van der Waals surface area contributed by atoms with E-state index in [4.69, 9.17) is 11.6 Å². The number of thiophene rings is 1. The van der Waals surface area contributed by atoms with Crippen LogP contribution in [-0.2, 0) is 6.42 Å². The van der Waals surface area contributed by atoms with Crippen molar-refractivity contribution >= 4 is 22.9 Å². The first-order valence-corrected chi connectivity index (χ1v) is 5.94. The first-order valence-electron chi connectivity index (χ1n) is 4.69. The molecule has 0 radical (unpaired) electrons. The predicted octanol–water partition coefficient (Wildman–Crippen LogP) is 3.40. The third-order valence-electron chi connectivity index (χ3n) is 2.21. The van der Waals surface area contributed by atoms with E-state index in [1.807, 2.05) is 19.9 Å². The van der Waals surface area contributed by atoms with Crippen molar-refractivity contribution in [3.63, 3.8) is 0 Å². The van der Waals surface area contributed by atoms with E-state index in [9.17, 15) is 0 Å². The average molecular weight is 239 g/mol. The van der Waals surface area contributed by atoms with Gasteiger partial charge < -0.3 is 0 Å². The van der Waals surface area contributed by atoms with Gasteiger partial charge in [0.2, 0.25) is 0 Å². The number of halogens is 1. The molecule has 0 aromatic carbocycles. The fraction of sp³-hybridized carbons (Fsp3) is 0.273. The maximum Gasteiger partial charge on any atom is 0.136 e. The summed E-state index contributed by atoms with van der Waals surface area (Å²) in [5.74, 6) is 0.729. The Labute approximate surface area is 98.0 Å². The van der Waals surface area contributed by atoms with Gasteiger partial charge in [0.25, 0.3) is 0 Å². The third kappa shape index (κ3) is 2.36. The van der Waals surface area contributed by atoms with E-state index in [-0.39, 0.29) is 0 Å². The van der Waals surface area contributed by atoms with Crippen molar-refractivity contribution in [3.05, 3.63) is 44.6 Å². The van der Waals surface area contributed by atoms with Gasteiger partial charge >= 0.3 is 0 Å². The Bertz CT molecular complexity index is 442. The molecule has 0 saturated heterocycles. The second-order valence-corrected chi connectivity index (χ2v) is 4.77. The van der Waals surface area contributed by atoms with Gasteiger partial charge in [0, 0.05) is 22.6 Å². The maximum absolute atomic E-state index is 6.11. The highest BCUT2D eigenvalue weighted by atomic mass is 35.5. The van der Waals surface area contributed by atoms with Gasteiger partial charge in [-0.2, -0.15) is 0 Å². The van der Waals surface area contributed by atoms with E-state index in [1.165, 1.54) is 4.88 Å². The van der Waals surface area contributed by atoms with Gasteiger partial charge in [-0.25, -0.2) is 9.97 Å². The zero-order chi connectivity index (χ0) is 10.8. The fourth-order valence-corrected chi connectivity index (χ4v) is 2.52. The molecule has 15 heavy (non-hydrogen) atoms. The molecule has 2 aromatic heterocycles. The Hall–Kier alpha value is -0.930. The van der Waals surface area contributed by atoms with E-state index in [0.29, 0.717) is 5.15 Å². The first kappa shape index (κ1) is 10.6. The summed E-state index contributed by atoms with van der Waals surface area (Å²) in [5, 5.41) is 2.64. The molecule has 4 heteroatoms. The van der Waals surface area contributed by atoms with Crippen LogP contribution in [0.4, 0.5) is 0 Å². The number of nitrogens with zero attached hydrogens (tertiary/aromatic N) is 2. The lowest BCUT2D eigenvalue weighted by molar-refractivity contribution is 0.965. The van der Waals surface area contributed by atoms with E-state index >= 15 is 0 Å². The van der Waals surface area contributed by atoms with Gasteiger partial charge in [-0.3, -0.25) is 0 Å². The van der Waals surface area contributed by atoms with Crippen LogP contribution < -0.4 is 0 Å². The van der Waals surface area contributed by atoms with Crippen molar-refractivity contribution in [2.24, 2.45) is 0 Å². The van der Waals surface area contributed by atoms with E-state index in [2.05, 4.69) is 21.4 Å². The molecule has 2 heterocycles. The highest BCUT2D eigenvalue weighted by Crippen LogP contribution is 2.22.